The lowest BCUT2D eigenvalue weighted by molar-refractivity contribution is 0.111. The maximum Gasteiger partial charge on any atom is 0.0220 e. The molecular weight excluding hydrogens is 258 g/mol. The Bertz CT molecular complexity index is 280. The van der Waals surface area contributed by atoms with Crippen molar-refractivity contribution in [2.75, 3.05) is 39.8 Å². The van der Waals surface area contributed by atoms with Crippen molar-refractivity contribution in [2.45, 2.75) is 70.9 Å². The van der Waals surface area contributed by atoms with Gasteiger partial charge in [-0.15, -0.1) is 0 Å². The van der Waals surface area contributed by atoms with Crippen LogP contribution in [0.25, 0.3) is 0 Å². The van der Waals surface area contributed by atoms with Crippen molar-refractivity contribution in [3.63, 3.8) is 0 Å². The highest BCUT2D eigenvalue weighted by molar-refractivity contribution is 4.82. The van der Waals surface area contributed by atoms with Crippen molar-refractivity contribution in [1.29, 1.82) is 0 Å². The van der Waals surface area contributed by atoms with E-state index in [-0.39, 0.29) is 0 Å². The third-order valence-electron chi connectivity index (χ3n) is 5.35. The number of nitrogens with one attached hydrogen (secondary N) is 1. The Labute approximate surface area is 132 Å². The summed E-state index contributed by atoms with van der Waals surface area (Å²) < 4.78 is 0. The van der Waals surface area contributed by atoms with Gasteiger partial charge in [-0.25, -0.2) is 0 Å². The molecule has 1 N–H and O–H groups in total. The topological polar surface area (TPSA) is 18.5 Å². The fraction of sp³-hybridized carbons (Fsp3) is 1.00. The van der Waals surface area contributed by atoms with E-state index in [4.69, 9.17) is 0 Å². The fourth-order valence-electron chi connectivity index (χ4n) is 3.95. The normalized spacial score (nSPS) is 29.1. The minimum atomic E-state index is 0.762. The molecule has 2 heterocycles. The SMILES string of the molecule is CC(C)CNCC1CCCCN1CCC1CCCCN1C. The van der Waals surface area contributed by atoms with Crippen LogP contribution in [-0.2, 0) is 0 Å². The molecule has 0 aliphatic carbocycles. The summed E-state index contributed by atoms with van der Waals surface area (Å²) in [5, 5.41) is 3.68. The van der Waals surface area contributed by atoms with Crippen molar-refractivity contribution < 1.29 is 0 Å². The Morgan fingerprint density at radius 2 is 1.71 bits per heavy atom. The predicted octanol–water partition coefficient (Wildman–Crippen LogP) is 2.96. The number of hydrogen-bond acceptors (Lipinski definition) is 3. The highest BCUT2D eigenvalue weighted by Gasteiger charge is 2.24. The van der Waals surface area contributed by atoms with E-state index < -0.39 is 0 Å². The number of nitrogens with zero attached hydrogens (tertiary/aromatic N) is 2. The molecule has 21 heavy (non-hydrogen) atoms. The van der Waals surface area contributed by atoms with E-state index in [1.807, 2.05) is 0 Å². The molecule has 124 valence electrons. The number of rotatable bonds is 7. The maximum absolute atomic E-state index is 3.68. The molecule has 2 aliphatic heterocycles. The molecule has 0 spiro atoms. The summed E-state index contributed by atoms with van der Waals surface area (Å²) in [6.07, 6.45) is 9.85. The largest absolute Gasteiger partial charge is 0.315 e. The lowest BCUT2D eigenvalue weighted by Gasteiger charge is -2.39. The van der Waals surface area contributed by atoms with Crippen LogP contribution in [0.15, 0.2) is 0 Å². The summed E-state index contributed by atoms with van der Waals surface area (Å²) in [5.74, 6) is 0.762. The third kappa shape index (κ3) is 5.88. The maximum atomic E-state index is 3.68. The summed E-state index contributed by atoms with van der Waals surface area (Å²) in [7, 11) is 2.32. The number of likely N-dealkylation sites (tertiary alicyclic amines) is 2. The molecular formula is C18H37N3. The van der Waals surface area contributed by atoms with Crippen LogP contribution in [0.4, 0.5) is 0 Å². The molecule has 2 fully saturated rings. The van der Waals surface area contributed by atoms with Gasteiger partial charge < -0.3 is 10.2 Å². The van der Waals surface area contributed by atoms with E-state index in [1.54, 1.807) is 0 Å². The van der Waals surface area contributed by atoms with Crippen molar-refractivity contribution in [3.05, 3.63) is 0 Å². The number of hydrogen-bond donors (Lipinski definition) is 1. The van der Waals surface area contributed by atoms with E-state index in [2.05, 4.69) is 36.0 Å². The molecule has 0 bridgehead atoms. The average molecular weight is 296 g/mol. The molecule has 0 aromatic rings. The lowest BCUT2D eigenvalue weighted by Crippen LogP contribution is -2.48. The zero-order valence-electron chi connectivity index (χ0n) is 14.6. The molecule has 2 rings (SSSR count). The van der Waals surface area contributed by atoms with Gasteiger partial charge in [-0.1, -0.05) is 26.7 Å². The quantitative estimate of drug-likeness (QED) is 0.779. The Kier molecular flexibility index (Phi) is 7.48. The molecule has 0 radical (unpaired) electrons. The smallest absolute Gasteiger partial charge is 0.0220 e. The van der Waals surface area contributed by atoms with Crippen LogP contribution in [0, 0.1) is 5.92 Å². The van der Waals surface area contributed by atoms with E-state index in [1.165, 1.54) is 71.1 Å². The summed E-state index contributed by atoms with van der Waals surface area (Å²) in [6, 6.07) is 1.62. The van der Waals surface area contributed by atoms with Crippen LogP contribution in [0.5, 0.6) is 0 Å². The van der Waals surface area contributed by atoms with Gasteiger partial charge in [0.05, 0.1) is 0 Å². The second-order valence-corrected chi connectivity index (χ2v) is 7.66. The Morgan fingerprint density at radius 1 is 1.00 bits per heavy atom. The average Bonchev–Trinajstić information content (AvgIpc) is 2.47. The monoisotopic (exact) mass is 295 g/mol. The van der Waals surface area contributed by atoms with Gasteiger partial charge in [0.15, 0.2) is 0 Å². The van der Waals surface area contributed by atoms with E-state index in [0.29, 0.717) is 0 Å². The van der Waals surface area contributed by atoms with Gasteiger partial charge in [-0.3, -0.25) is 4.90 Å². The second kappa shape index (κ2) is 9.12. The van der Waals surface area contributed by atoms with E-state index in [9.17, 15) is 0 Å². The molecule has 0 amide bonds. The van der Waals surface area contributed by atoms with Crippen LogP contribution in [0.2, 0.25) is 0 Å². The zero-order valence-corrected chi connectivity index (χ0v) is 14.6. The van der Waals surface area contributed by atoms with Gasteiger partial charge in [0.25, 0.3) is 0 Å². The summed E-state index contributed by atoms with van der Waals surface area (Å²) in [4.78, 5) is 5.37. The van der Waals surface area contributed by atoms with Crippen LogP contribution < -0.4 is 5.32 Å². The van der Waals surface area contributed by atoms with Gasteiger partial charge >= 0.3 is 0 Å². The lowest BCUT2D eigenvalue weighted by atomic mass is 9.97. The first-order valence-corrected chi connectivity index (χ1v) is 9.32. The zero-order chi connectivity index (χ0) is 15.1. The molecule has 0 saturated carbocycles. The summed E-state index contributed by atoms with van der Waals surface area (Å²) in [6.45, 7) is 10.9. The van der Waals surface area contributed by atoms with Crippen LogP contribution in [0.1, 0.15) is 58.8 Å². The minimum Gasteiger partial charge on any atom is -0.315 e. The predicted molar refractivity (Wildman–Crippen MR) is 91.8 cm³/mol. The molecule has 3 heteroatoms. The van der Waals surface area contributed by atoms with Crippen LogP contribution in [-0.4, -0.2) is 61.7 Å². The van der Waals surface area contributed by atoms with Crippen molar-refractivity contribution in [1.82, 2.24) is 15.1 Å². The molecule has 2 atom stereocenters. The second-order valence-electron chi connectivity index (χ2n) is 7.66. The first-order chi connectivity index (χ1) is 10.2. The molecule has 2 aliphatic rings. The highest BCUT2D eigenvalue weighted by atomic mass is 15.2. The first kappa shape index (κ1) is 17.2. The Hall–Kier alpha value is -0.120. The molecule has 3 nitrogen and oxygen atoms in total. The third-order valence-corrected chi connectivity index (χ3v) is 5.35. The Balaban J connectivity index is 1.73. The van der Waals surface area contributed by atoms with Gasteiger partial charge in [-0.2, -0.15) is 0 Å². The van der Waals surface area contributed by atoms with Gasteiger partial charge in [0, 0.05) is 18.6 Å². The molecule has 2 saturated heterocycles. The number of piperidine rings is 2. The molecule has 0 aromatic carbocycles. The summed E-state index contributed by atoms with van der Waals surface area (Å²) >= 11 is 0. The van der Waals surface area contributed by atoms with Crippen LogP contribution in [0.3, 0.4) is 0 Å². The Morgan fingerprint density at radius 3 is 2.43 bits per heavy atom. The minimum absolute atomic E-state index is 0.762. The van der Waals surface area contributed by atoms with Crippen molar-refractivity contribution in [2.24, 2.45) is 5.92 Å². The van der Waals surface area contributed by atoms with Gasteiger partial charge in [0.1, 0.15) is 0 Å². The molecule has 0 aromatic heterocycles. The van der Waals surface area contributed by atoms with Gasteiger partial charge in [0.2, 0.25) is 0 Å². The standard InChI is InChI=1S/C18H37N3/c1-16(2)14-19-15-18-9-5-7-12-21(18)13-10-17-8-4-6-11-20(17)3/h16-19H,4-15H2,1-3H3. The van der Waals surface area contributed by atoms with Crippen molar-refractivity contribution in [3.8, 4) is 0 Å². The van der Waals surface area contributed by atoms with E-state index >= 15 is 0 Å². The van der Waals surface area contributed by atoms with Gasteiger partial charge in [-0.05, 0) is 71.2 Å². The molecule has 2 unspecified atom stereocenters. The highest BCUT2D eigenvalue weighted by Crippen LogP contribution is 2.21. The summed E-state index contributed by atoms with van der Waals surface area (Å²) in [5.41, 5.74) is 0. The van der Waals surface area contributed by atoms with Crippen LogP contribution >= 0.6 is 0 Å². The van der Waals surface area contributed by atoms with E-state index in [0.717, 1.165) is 24.5 Å². The first-order valence-electron chi connectivity index (χ1n) is 9.32. The fourth-order valence-corrected chi connectivity index (χ4v) is 3.95. The van der Waals surface area contributed by atoms with Crippen molar-refractivity contribution >= 4 is 0 Å².